The molecule has 1 aliphatic heterocycles. The standard InChI is InChI=1S/C16H15N7O2S/c1-8(10-6-11(26-23-10)15-17-4-5-18-15)21-16(25)13-9-2-3-12(24)22-14(9)20-7-19-13/h4-8H,2-3H2,1H3,(H,17,18)(H,21,25)(H,19,20,22,24). The van der Waals surface area contributed by atoms with Gasteiger partial charge in [-0.05, 0) is 30.9 Å². The van der Waals surface area contributed by atoms with E-state index < -0.39 is 0 Å². The van der Waals surface area contributed by atoms with Gasteiger partial charge < -0.3 is 15.6 Å². The van der Waals surface area contributed by atoms with Gasteiger partial charge in [-0.2, -0.15) is 4.37 Å². The van der Waals surface area contributed by atoms with Gasteiger partial charge in [0.25, 0.3) is 5.91 Å². The van der Waals surface area contributed by atoms with E-state index in [1.54, 1.807) is 12.4 Å². The number of hydrogen-bond donors (Lipinski definition) is 3. The van der Waals surface area contributed by atoms with E-state index in [0.29, 0.717) is 24.2 Å². The third kappa shape index (κ3) is 3.06. The largest absolute Gasteiger partial charge is 0.344 e. The van der Waals surface area contributed by atoms with Crippen LogP contribution >= 0.6 is 11.5 Å². The van der Waals surface area contributed by atoms with Crippen LogP contribution in [0.5, 0.6) is 0 Å². The Morgan fingerprint density at radius 1 is 1.31 bits per heavy atom. The van der Waals surface area contributed by atoms with Crippen LogP contribution < -0.4 is 10.6 Å². The molecule has 1 atom stereocenters. The molecule has 9 nitrogen and oxygen atoms in total. The summed E-state index contributed by atoms with van der Waals surface area (Å²) in [5.41, 5.74) is 1.68. The number of amides is 2. The number of hydrogen-bond acceptors (Lipinski definition) is 7. The summed E-state index contributed by atoms with van der Waals surface area (Å²) >= 11 is 1.31. The highest BCUT2D eigenvalue weighted by atomic mass is 32.1. The Labute approximate surface area is 152 Å². The number of rotatable bonds is 4. The fraction of sp³-hybridized carbons (Fsp3) is 0.250. The lowest BCUT2D eigenvalue weighted by atomic mass is 10.0. The Hall–Kier alpha value is -3.14. The molecule has 4 heterocycles. The maximum Gasteiger partial charge on any atom is 0.270 e. The van der Waals surface area contributed by atoms with Crippen molar-refractivity contribution in [3.63, 3.8) is 0 Å². The lowest BCUT2D eigenvalue weighted by molar-refractivity contribution is -0.116. The van der Waals surface area contributed by atoms with E-state index in [1.165, 1.54) is 17.9 Å². The van der Waals surface area contributed by atoms with E-state index in [2.05, 4.69) is 34.9 Å². The van der Waals surface area contributed by atoms with Crippen LogP contribution in [-0.4, -0.2) is 36.1 Å². The van der Waals surface area contributed by atoms with Crippen molar-refractivity contribution in [2.24, 2.45) is 0 Å². The zero-order valence-corrected chi connectivity index (χ0v) is 14.6. The highest BCUT2D eigenvalue weighted by Crippen LogP contribution is 2.25. The number of carbonyl (C=O) groups is 2. The van der Waals surface area contributed by atoms with Crippen molar-refractivity contribution in [1.29, 1.82) is 0 Å². The van der Waals surface area contributed by atoms with E-state index in [-0.39, 0.29) is 23.6 Å². The first-order chi connectivity index (χ1) is 12.6. The van der Waals surface area contributed by atoms with Crippen LogP contribution in [0.25, 0.3) is 10.7 Å². The number of H-pyrrole nitrogens is 1. The average molecular weight is 369 g/mol. The normalized spacial score (nSPS) is 14.4. The summed E-state index contributed by atoms with van der Waals surface area (Å²) in [6, 6.07) is 1.59. The fourth-order valence-electron chi connectivity index (χ4n) is 2.73. The predicted molar refractivity (Wildman–Crippen MR) is 94.6 cm³/mol. The molecule has 3 aromatic heterocycles. The molecule has 0 bridgehead atoms. The number of aromatic nitrogens is 5. The maximum atomic E-state index is 12.7. The molecule has 26 heavy (non-hydrogen) atoms. The topological polar surface area (TPSA) is 126 Å². The SMILES string of the molecule is CC(NC(=O)c1ncnc2c1CCC(=O)N2)c1cc(-c2ncc[nH]2)sn1. The molecule has 0 spiro atoms. The Kier molecular flexibility index (Phi) is 4.17. The summed E-state index contributed by atoms with van der Waals surface area (Å²) in [6.45, 7) is 1.86. The molecule has 0 fully saturated rings. The Bertz CT molecular complexity index is 967. The van der Waals surface area contributed by atoms with Crippen LogP contribution in [0.3, 0.4) is 0 Å². The van der Waals surface area contributed by atoms with Crippen LogP contribution in [0.4, 0.5) is 5.82 Å². The molecule has 0 aromatic carbocycles. The number of aromatic amines is 1. The molecule has 1 aliphatic rings. The summed E-state index contributed by atoms with van der Waals surface area (Å²) in [5, 5.41) is 5.57. The van der Waals surface area contributed by atoms with Crippen molar-refractivity contribution in [2.45, 2.75) is 25.8 Å². The fourth-order valence-corrected chi connectivity index (χ4v) is 3.52. The van der Waals surface area contributed by atoms with Gasteiger partial charge >= 0.3 is 0 Å². The summed E-state index contributed by atoms with van der Waals surface area (Å²) in [7, 11) is 0. The highest BCUT2D eigenvalue weighted by molar-refractivity contribution is 7.09. The average Bonchev–Trinajstić information content (AvgIpc) is 3.32. The monoisotopic (exact) mass is 369 g/mol. The molecule has 0 radical (unpaired) electrons. The number of imidazole rings is 1. The summed E-state index contributed by atoms with van der Waals surface area (Å²) < 4.78 is 4.39. The minimum absolute atomic E-state index is 0.108. The molecule has 0 aliphatic carbocycles. The molecule has 2 amide bonds. The molecule has 3 N–H and O–H groups in total. The van der Waals surface area contributed by atoms with Gasteiger partial charge in [0.1, 0.15) is 23.7 Å². The van der Waals surface area contributed by atoms with Crippen molar-refractivity contribution in [1.82, 2.24) is 29.6 Å². The Morgan fingerprint density at radius 2 is 2.19 bits per heavy atom. The second kappa shape index (κ2) is 6.64. The second-order valence-electron chi connectivity index (χ2n) is 5.85. The van der Waals surface area contributed by atoms with Crippen LogP contribution in [0.1, 0.15) is 41.1 Å². The molecular formula is C16H15N7O2S. The number of nitrogens with one attached hydrogen (secondary N) is 3. The highest BCUT2D eigenvalue weighted by Gasteiger charge is 2.24. The first-order valence-electron chi connectivity index (χ1n) is 8.03. The van der Waals surface area contributed by atoms with E-state index >= 15 is 0 Å². The number of fused-ring (bicyclic) bond motifs is 1. The molecule has 0 saturated carbocycles. The summed E-state index contributed by atoms with van der Waals surface area (Å²) in [6.07, 6.45) is 5.46. The number of carbonyl (C=O) groups excluding carboxylic acids is 2. The van der Waals surface area contributed by atoms with Crippen LogP contribution in [0.15, 0.2) is 24.8 Å². The molecule has 0 saturated heterocycles. The second-order valence-corrected chi connectivity index (χ2v) is 6.65. The van der Waals surface area contributed by atoms with Crippen LogP contribution in [0, 0.1) is 0 Å². The molecule has 10 heteroatoms. The third-order valence-corrected chi connectivity index (χ3v) is 4.88. The molecule has 132 valence electrons. The van der Waals surface area contributed by atoms with Crippen LogP contribution in [-0.2, 0) is 11.2 Å². The van der Waals surface area contributed by atoms with Gasteiger partial charge in [-0.3, -0.25) is 9.59 Å². The first-order valence-corrected chi connectivity index (χ1v) is 8.80. The Morgan fingerprint density at radius 3 is 3.00 bits per heavy atom. The van der Waals surface area contributed by atoms with Crippen molar-refractivity contribution < 1.29 is 9.59 Å². The van der Waals surface area contributed by atoms with Crippen molar-refractivity contribution >= 4 is 29.2 Å². The van der Waals surface area contributed by atoms with Gasteiger partial charge in [0.2, 0.25) is 5.91 Å². The minimum Gasteiger partial charge on any atom is -0.344 e. The van der Waals surface area contributed by atoms with Gasteiger partial charge in [-0.25, -0.2) is 15.0 Å². The van der Waals surface area contributed by atoms with Gasteiger partial charge in [0.15, 0.2) is 0 Å². The zero-order chi connectivity index (χ0) is 18.1. The smallest absolute Gasteiger partial charge is 0.270 e. The quantitative estimate of drug-likeness (QED) is 0.643. The van der Waals surface area contributed by atoms with Crippen molar-refractivity contribution in [2.75, 3.05) is 5.32 Å². The lowest BCUT2D eigenvalue weighted by Crippen LogP contribution is -2.31. The van der Waals surface area contributed by atoms with Gasteiger partial charge in [-0.15, -0.1) is 0 Å². The number of nitrogens with zero attached hydrogens (tertiary/aromatic N) is 4. The molecule has 4 rings (SSSR count). The zero-order valence-electron chi connectivity index (χ0n) is 13.8. The summed E-state index contributed by atoms with van der Waals surface area (Å²) in [4.78, 5) is 40.4. The van der Waals surface area contributed by atoms with E-state index in [0.717, 1.165) is 16.4 Å². The first kappa shape index (κ1) is 16.3. The third-order valence-electron chi connectivity index (χ3n) is 4.07. The summed E-state index contributed by atoms with van der Waals surface area (Å²) in [5.74, 6) is 0.722. The predicted octanol–water partition coefficient (Wildman–Crippen LogP) is 1.70. The van der Waals surface area contributed by atoms with Crippen LogP contribution in [0.2, 0.25) is 0 Å². The van der Waals surface area contributed by atoms with Gasteiger partial charge in [-0.1, -0.05) is 0 Å². The Balaban J connectivity index is 1.52. The number of anilines is 1. The van der Waals surface area contributed by atoms with Gasteiger partial charge in [0, 0.05) is 24.4 Å². The van der Waals surface area contributed by atoms with E-state index in [9.17, 15) is 9.59 Å². The lowest BCUT2D eigenvalue weighted by Gasteiger charge is -2.18. The van der Waals surface area contributed by atoms with Crippen molar-refractivity contribution in [3.8, 4) is 10.7 Å². The van der Waals surface area contributed by atoms with Gasteiger partial charge in [0.05, 0.1) is 16.6 Å². The minimum atomic E-state index is -0.320. The maximum absolute atomic E-state index is 12.7. The van der Waals surface area contributed by atoms with E-state index in [1.807, 2.05) is 13.0 Å². The molecule has 1 unspecified atom stereocenters. The van der Waals surface area contributed by atoms with E-state index in [4.69, 9.17) is 0 Å². The molecule has 3 aromatic rings. The van der Waals surface area contributed by atoms with Crippen molar-refractivity contribution in [3.05, 3.63) is 41.7 Å². The molecular weight excluding hydrogens is 354 g/mol.